The van der Waals surface area contributed by atoms with E-state index < -0.39 is 11.2 Å². The Kier molecular flexibility index (Phi) is 7.32. The fraction of sp³-hybridized carbons (Fsp3) is 0.385. The molecule has 0 aliphatic carbocycles. The number of ether oxygens (including phenoxy) is 2. The summed E-state index contributed by atoms with van der Waals surface area (Å²) < 4.78 is 12.2. The first-order valence-corrected chi connectivity index (χ1v) is 10.3. The van der Waals surface area contributed by atoms with Gasteiger partial charge in [-0.2, -0.15) is 0 Å². The highest BCUT2D eigenvalue weighted by Crippen LogP contribution is 2.34. The topological polar surface area (TPSA) is 55.8 Å². The van der Waals surface area contributed by atoms with Crippen LogP contribution in [0.1, 0.15) is 67.8 Å². The zero-order valence-electron chi connectivity index (χ0n) is 19.8. The number of carbonyl (C=O) groups is 2. The summed E-state index contributed by atoms with van der Waals surface area (Å²) in [5.41, 5.74) is 0.943. The molecule has 2 rings (SSSR count). The summed E-state index contributed by atoms with van der Waals surface area (Å²) in [5, 5.41) is 0. The Labute approximate surface area is 185 Å². The largest absolute Gasteiger partial charge is 0.487 e. The Hall–Kier alpha value is -3.08. The van der Waals surface area contributed by atoms with Crippen molar-refractivity contribution < 1.29 is 19.1 Å². The van der Waals surface area contributed by atoms with Gasteiger partial charge in [0.15, 0.2) is 5.78 Å². The lowest BCUT2D eigenvalue weighted by atomic mass is 10.0. The molecule has 2 aromatic rings. The smallest absolute Gasteiger partial charge is 0.253 e. The summed E-state index contributed by atoms with van der Waals surface area (Å²) in [7, 11) is 3.39. The van der Waals surface area contributed by atoms with Crippen LogP contribution in [-0.4, -0.2) is 41.9 Å². The maximum atomic E-state index is 12.8. The number of amides is 1. The van der Waals surface area contributed by atoms with E-state index in [2.05, 4.69) is 0 Å². The monoisotopic (exact) mass is 423 g/mol. The Morgan fingerprint density at radius 3 is 1.65 bits per heavy atom. The number of allylic oxidation sites excluding steroid dienone is 1. The predicted molar refractivity (Wildman–Crippen MR) is 125 cm³/mol. The van der Waals surface area contributed by atoms with E-state index in [0.717, 1.165) is 0 Å². The van der Waals surface area contributed by atoms with Gasteiger partial charge in [0.05, 0.1) is 5.56 Å². The third kappa shape index (κ3) is 7.28. The first-order chi connectivity index (χ1) is 14.3. The Balaban J connectivity index is 2.36. The second-order valence-corrected chi connectivity index (χ2v) is 9.57. The maximum absolute atomic E-state index is 12.8. The molecule has 0 spiro atoms. The van der Waals surface area contributed by atoms with Crippen molar-refractivity contribution in [2.45, 2.75) is 52.7 Å². The molecule has 2 aromatic carbocycles. The predicted octanol–water partition coefficient (Wildman–Crippen LogP) is 5.64. The quantitative estimate of drug-likeness (QED) is 0.446. The third-order valence-corrected chi connectivity index (χ3v) is 4.08. The van der Waals surface area contributed by atoms with Crippen molar-refractivity contribution >= 4 is 17.8 Å². The van der Waals surface area contributed by atoms with E-state index in [4.69, 9.17) is 9.47 Å². The molecule has 0 bridgehead atoms. The van der Waals surface area contributed by atoms with Gasteiger partial charge in [0, 0.05) is 25.2 Å². The van der Waals surface area contributed by atoms with Crippen LogP contribution in [0.2, 0.25) is 0 Å². The average molecular weight is 424 g/mol. The summed E-state index contributed by atoms with van der Waals surface area (Å²) in [6, 6.07) is 12.3. The lowest BCUT2D eigenvalue weighted by Crippen LogP contribution is -2.25. The van der Waals surface area contributed by atoms with Gasteiger partial charge in [0.2, 0.25) is 0 Å². The minimum Gasteiger partial charge on any atom is -0.487 e. The average Bonchev–Trinajstić information content (AvgIpc) is 2.64. The molecule has 0 saturated carbocycles. The number of carbonyl (C=O) groups excluding carboxylic acids is 2. The van der Waals surface area contributed by atoms with Crippen LogP contribution < -0.4 is 9.47 Å². The van der Waals surface area contributed by atoms with Crippen molar-refractivity contribution in [1.82, 2.24) is 4.90 Å². The fourth-order valence-electron chi connectivity index (χ4n) is 2.82. The van der Waals surface area contributed by atoms with E-state index >= 15 is 0 Å². The molecule has 5 nitrogen and oxygen atoms in total. The van der Waals surface area contributed by atoms with Crippen molar-refractivity contribution in [2.24, 2.45) is 0 Å². The van der Waals surface area contributed by atoms with E-state index in [0.29, 0.717) is 28.2 Å². The first kappa shape index (κ1) is 24.2. The standard InChI is InChI=1S/C26H33NO4/c1-25(2,3)30-22-10-9-11-23(31-26(4,5)6)20(22)16-17-21(28)18-12-14-19(15-13-18)24(29)27(7)8/h9-17H,1-8H3. The van der Waals surface area contributed by atoms with Crippen LogP contribution in [0.5, 0.6) is 11.5 Å². The van der Waals surface area contributed by atoms with Crippen molar-refractivity contribution in [3.63, 3.8) is 0 Å². The summed E-state index contributed by atoms with van der Waals surface area (Å²) in [6.45, 7) is 11.8. The first-order valence-electron chi connectivity index (χ1n) is 10.3. The highest BCUT2D eigenvalue weighted by molar-refractivity contribution is 6.07. The number of hydrogen-bond acceptors (Lipinski definition) is 4. The normalized spacial score (nSPS) is 12.0. The molecule has 0 aromatic heterocycles. The van der Waals surface area contributed by atoms with E-state index in [1.165, 1.54) is 11.0 Å². The molecular formula is C26H33NO4. The van der Waals surface area contributed by atoms with Crippen LogP contribution >= 0.6 is 0 Å². The van der Waals surface area contributed by atoms with Gasteiger partial charge >= 0.3 is 0 Å². The van der Waals surface area contributed by atoms with E-state index in [1.54, 1.807) is 44.4 Å². The van der Waals surface area contributed by atoms with Crippen molar-refractivity contribution in [1.29, 1.82) is 0 Å². The van der Waals surface area contributed by atoms with Crippen molar-refractivity contribution in [2.75, 3.05) is 14.1 Å². The molecule has 0 aliphatic rings. The molecule has 0 atom stereocenters. The zero-order valence-corrected chi connectivity index (χ0v) is 19.8. The van der Waals surface area contributed by atoms with Gasteiger partial charge in [-0.25, -0.2) is 0 Å². The molecule has 5 heteroatoms. The lowest BCUT2D eigenvalue weighted by molar-refractivity contribution is 0.0827. The van der Waals surface area contributed by atoms with Gasteiger partial charge in [0.25, 0.3) is 5.91 Å². The van der Waals surface area contributed by atoms with Gasteiger partial charge in [-0.05, 0) is 78.0 Å². The third-order valence-electron chi connectivity index (χ3n) is 4.08. The SMILES string of the molecule is CN(C)C(=O)c1ccc(C(=O)C=Cc2c(OC(C)(C)C)cccc2OC(C)(C)C)cc1. The van der Waals surface area contributed by atoms with Gasteiger partial charge < -0.3 is 14.4 Å². The second kappa shape index (κ2) is 9.38. The number of nitrogens with zero attached hydrogens (tertiary/aromatic N) is 1. The molecule has 0 fully saturated rings. The molecule has 0 saturated heterocycles. The van der Waals surface area contributed by atoms with Gasteiger partial charge in [-0.1, -0.05) is 18.2 Å². The minimum absolute atomic E-state index is 0.105. The number of hydrogen-bond donors (Lipinski definition) is 0. The zero-order chi connectivity index (χ0) is 23.4. The summed E-state index contributed by atoms with van der Waals surface area (Å²) in [4.78, 5) is 26.3. The van der Waals surface area contributed by atoms with Crippen LogP contribution in [0.3, 0.4) is 0 Å². The van der Waals surface area contributed by atoms with Gasteiger partial charge in [-0.3, -0.25) is 9.59 Å². The van der Waals surface area contributed by atoms with Gasteiger partial charge in [-0.15, -0.1) is 0 Å². The molecule has 166 valence electrons. The second-order valence-electron chi connectivity index (χ2n) is 9.57. The number of benzene rings is 2. The van der Waals surface area contributed by atoms with Crippen LogP contribution in [0.25, 0.3) is 6.08 Å². The lowest BCUT2D eigenvalue weighted by Gasteiger charge is -2.26. The Bertz CT molecular complexity index is 924. The fourth-order valence-corrected chi connectivity index (χ4v) is 2.82. The Morgan fingerprint density at radius 2 is 1.23 bits per heavy atom. The van der Waals surface area contributed by atoms with E-state index in [9.17, 15) is 9.59 Å². The van der Waals surface area contributed by atoms with Crippen LogP contribution in [0, 0.1) is 0 Å². The molecule has 0 aliphatic heterocycles. The van der Waals surface area contributed by atoms with Crippen LogP contribution in [0.15, 0.2) is 48.5 Å². The summed E-state index contributed by atoms with van der Waals surface area (Å²) >= 11 is 0. The summed E-state index contributed by atoms with van der Waals surface area (Å²) in [6.07, 6.45) is 3.23. The van der Waals surface area contributed by atoms with Crippen LogP contribution in [0.4, 0.5) is 0 Å². The highest BCUT2D eigenvalue weighted by atomic mass is 16.5. The molecule has 0 radical (unpaired) electrons. The molecule has 0 unspecified atom stereocenters. The molecule has 31 heavy (non-hydrogen) atoms. The van der Waals surface area contributed by atoms with Crippen molar-refractivity contribution in [3.8, 4) is 11.5 Å². The Morgan fingerprint density at radius 1 is 0.774 bits per heavy atom. The number of ketones is 1. The molecule has 0 N–H and O–H groups in total. The molecular weight excluding hydrogens is 390 g/mol. The van der Waals surface area contributed by atoms with E-state index in [1.807, 2.05) is 59.7 Å². The minimum atomic E-state index is -0.401. The molecule has 0 heterocycles. The number of rotatable bonds is 6. The van der Waals surface area contributed by atoms with Crippen molar-refractivity contribution in [3.05, 3.63) is 65.2 Å². The molecule has 1 amide bonds. The maximum Gasteiger partial charge on any atom is 0.253 e. The highest BCUT2D eigenvalue weighted by Gasteiger charge is 2.20. The van der Waals surface area contributed by atoms with Gasteiger partial charge in [0.1, 0.15) is 22.7 Å². The van der Waals surface area contributed by atoms with Crippen LogP contribution in [-0.2, 0) is 0 Å². The van der Waals surface area contributed by atoms with E-state index in [-0.39, 0.29) is 11.7 Å². The summed E-state index contributed by atoms with van der Waals surface area (Å²) in [5.74, 6) is 1.01.